The summed E-state index contributed by atoms with van der Waals surface area (Å²) in [5.74, 6) is 0. The summed E-state index contributed by atoms with van der Waals surface area (Å²) in [4.78, 5) is 2.43. The first kappa shape index (κ1) is 36.6. The highest BCUT2D eigenvalue weighted by atomic mass is 16.3. The zero-order valence-electron chi connectivity index (χ0n) is 36.4. The van der Waals surface area contributed by atoms with Crippen molar-refractivity contribution in [2.24, 2.45) is 0 Å². The molecule has 0 bridgehead atoms. The van der Waals surface area contributed by atoms with E-state index in [0.29, 0.717) is 0 Å². The molecule has 0 saturated heterocycles. The van der Waals surface area contributed by atoms with Crippen LogP contribution in [-0.4, -0.2) is 0 Å². The number of nitrogens with zero attached hydrogens (tertiary/aromatic N) is 1. The van der Waals surface area contributed by atoms with E-state index >= 15 is 0 Å². The van der Waals surface area contributed by atoms with E-state index in [9.17, 15) is 0 Å². The molecule has 15 rings (SSSR count). The van der Waals surface area contributed by atoms with Gasteiger partial charge in [0, 0.05) is 33.8 Å². The lowest BCUT2D eigenvalue weighted by molar-refractivity contribution is 0.669. The van der Waals surface area contributed by atoms with Gasteiger partial charge < -0.3 is 9.32 Å². The highest BCUT2D eigenvalue weighted by Crippen LogP contribution is 2.64. The molecule has 310 valence electrons. The number of hydrogen-bond donors (Lipinski definition) is 0. The van der Waals surface area contributed by atoms with Gasteiger partial charge in [0.1, 0.15) is 11.2 Å². The van der Waals surface area contributed by atoms with Crippen molar-refractivity contribution in [3.8, 4) is 44.5 Å². The van der Waals surface area contributed by atoms with Crippen LogP contribution in [0.4, 0.5) is 17.1 Å². The summed E-state index contributed by atoms with van der Waals surface area (Å²) in [6.07, 6.45) is 0. The maximum Gasteiger partial charge on any atom is 0.137 e. The zero-order chi connectivity index (χ0) is 43.8. The zero-order valence-corrected chi connectivity index (χ0v) is 36.4. The second-order valence-electron chi connectivity index (χ2n) is 18.3. The van der Waals surface area contributed by atoms with Crippen LogP contribution in [0.5, 0.6) is 0 Å². The van der Waals surface area contributed by atoms with Crippen LogP contribution in [-0.2, 0) is 5.41 Å². The molecule has 0 aliphatic heterocycles. The van der Waals surface area contributed by atoms with E-state index < -0.39 is 5.41 Å². The Morgan fingerprint density at radius 1 is 0.313 bits per heavy atom. The highest BCUT2D eigenvalue weighted by Gasteiger charge is 2.50. The van der Waals surface area contributed by atoms with Crippen LogP contribution in [0.25, 0.3) is 98.8 Å². The Morgan fingerprint density at radius 2 is 0.896 bits per heavy atom. The van der Waals surface area contributed by atoms with Crippen molar-refractivity contribution in [3.05, 3.63) is 259 Å². The summed E-state index contributed by atoms with van der Waals surface area (Å²) in [6, 6.07) is 88.0. The average Bonchev–Trinajstić information content (AvgIpc) is 3.88. The molecule has 0 fully saturated rings. The van der Waals surface area contributed by atoms with Crippen molar-refractivity contribution in [1.82, 2.24) is 0 Å². The molecule has 2 heteroatoms. The fourth-order valence-electron chi connectivity index (χ4n) is 12.3. The Kier molecular flexibility index (Phi) is 7.46. The van der Waals surface area contributed by atoms with Gasteiger partial charge in [-0.2, -0.15) is 0 Å². The quantitative estimate of drug-likeness (QED) is 0.164. The number of rotatable bonds is 4. The molecule has 2 aliphatic rings. The predicted octanol–water partition coefficient (Wildman–Crippen LogP) is 17.6. The van der Waals surface area contributed by atoms with E-state index in [1.54, 1.807) is 0 Å². The van der Waals surface area contributed by atoms with Gasteiger partial charge in [-0.3, -0.25) is 0 Å². The molecule has 13 aromatic rings. The normalized spacial score (nSPS) is 14.6. The molecular weight excluding hydrogens is 811 g/mol. The number of furan rings is 1. The van der Waals surface area contributed by atoms with Crippen LogP contribution in [0.3, 0.4) is 0 Å². The van der Waals surface area contributed by atoms with Crippen molar-refractivity contribution in [2.45, 2.75) is 5.41 Å². The average molecular weight is 850 g/mol. The minimum Gasteiger partial charge on any atom is -0.456 e. The van der Waals surface area contributed by atoms with Gasteiger partial charge in [-0.05, 0) is 136 Å². The molecule has 0 N–H and O–H groups in total. The van der Waals surface area contributed by atoms with Crippen molar-refractivity contribution < 1.29 is 4.42 Å². The van der Waals surface area contributed by atoms with Crippen LogP contribution in [0.15, 0.2) is 241 Å². The molecule has 0 radical (unpaired) electrons. The lowest BCUT2D eigenvalue weighted by Gasteiger charge is -2.36. The van der Waals surface area contributed by atoms with Gasteiger partial charge in [0.2, 0.25) is 0 Å². The standard InChI is InChI=1S/C65H39NO/c1-2-15-40(16-3-1)46-19-8-12-27-59(46)66(45-32-35-51-50-23-9-13-28-60(50)67-61(51)39-45)44-33-36-57-54(38-44)48-21-5-4-20-47(48)49-22-6-10-25-55(49)65(57)56-26-11-7-24-52(56)64-53-34-31-42-18-14-17-41-29-30-43(37-58(64)65)63(53)62(41)42/h1-39H. The summed E-state index contributed by atoms with van der Waals surface area (Å²) in [5.41, 5.74) is 19.4. The Morgan fingerprint density at radius 3 is 1.73 bits per heavy atom. The van der Waals surface area contributed by atoms with Gasteiger partial charge in [-0.1, -0.05) is 188 Å². The summed E-state index contributed by atoms with van der Waals surface area (Å²) in [7, 11) is 0. The molecule has 12 aromatic carbocycles. The maximum atomic E-state index is 6.59. The van der Waals surface area contributed by atoms with E-state index in [2.05, 4.69) is 235 Å². The first-order valence-electron chi connectivity index (χ1n) is 23.2. The van der Waals surface area contributed by atoms with Gasteiger partial charge >= 0.3 is 0 Å². The van der Waals surface area contributed by atoms with Crippen LogP contribution in [0.2, 0.25) is 0 Å². The molecule has 1 unspecified atom stereocenters. The molecule has 1 atom stereocenters. The summed E-state index contributed by atoms with van der Waals surface area (Å²) in [5, 5.41) is 10.1. The molecule has 1 aromatic heterocycles. The second kappa shape index (κ2) is 13.7. The third-order valence-corrected chi connectivity index (χ3v) is 15.0. The first-order valence-corrected chi connectivity index (χ1v) is 23.2. The molecule has 1 heterocycles. The predicted molar refractivity (Wildman–Crippen MR) is 279 cm³/mol. The summed E-state index contributed by atoms with van der Waals surface area (Å²) < 4.78 is 6.59. The minimum absolute atomic E-state index is 0.639. The third-order valence-electron chi connectivity index (χ3n) is 15.0. The number of anilines is 3. The Hall–Kier alpha value is -8.72. The van der Waals surface area contributed by atoms with Gasteiger partial charge in [0.05, 0.1) is 11.1 Å². The van der Waals surface area contributed by atoms with E-state index in [4.69, 9.17) is 4.42 Å². The SMILES string of the molecule is c1ccc(-c2ccccc2N(c2ccc3c(c2)-c2ccccc2-c2ccccc2C32c3ccccc3-c3c2cc2ccc4cccc5ccc3c2c45)c2ccc3c(c2)oc2ccccc23)cc1. The van der Waals surface area contributed by atoms with E-state index in [1.807, 2.05) is 6.07 Å². The molecular formula is C65H39NO. The van der Waals surface area contributed by atoms with Crippen molar-refractivity contribution in [1.29, 1.82) is 0 Å². The van der Waals surface area contributed by atoms with Gasteiger partial charge in [0.25, 0.3) is 0 Å². The lowest BCUT2D eigenvalue weighted by atomic mass is 9.65. The van der Waals surface area contributed by atoms with E-state index in [-0.39, 0.29) is 0 Å². The van der Waals surface area contributed by atoms with Gasteiger partial charge in [0.15, 0.2) is 0 Å². The molecule has 67 heavy (non-hydrogen) atoms. The third kappa shape index (κ3) is 4.94. The molecule has 2 nitrogen and oxygen atoms in total. The number of benzene rings is 12. The van der Waals surface area contributed by atoms with E-state index in [1.165, 1.54) is 88.0 Å². The molecule has 0 amide bonds. The number of para-hydroxylation sites is 2. The van der Waals surface area contributed by atoms with Crippen LogP contribution in [0, 0.1) is 0 Å². The number of hydrogen-bond acceptors (Lipinski definition) is 2. The largest absolute Gasteiger partial charge is 0.456 e. The monoisotopic (exact) mass is 849 g/mol. The fraction of sp³-hybridized carbons (Fsp3) is 0.0154. The maximum absolute atomic E-state index is 6.59. The Labute approximate surface area is 387 Å². The molecule has 2 aliphatic carbocycles. The molecule has 0 saturated carbocycles. The minimum atomic E-state index is -0.639. The van der Waals surface area contributed by atoms with Crippen molar-refractivity contribution >= 4 is 71.3 Å². The molecule has 1 spiro atoms. The second-order valence-corrected chi connectivity index (χ2v) is 18.3. The number of fused-ring (bicyclic) bond motifs is 16. The topological polar surface area (TPSA) is 16.4 Å². The van der Waals surface area contributed by atoms with Crippen molar-refractivity contribution in [2.75, 3.05) is 4.90 Å². The summed E-state index contributed by atoms with van der Waals surface area (Å²) in [6.45, 7) is 0. The Bertz CT molecular complexity index is 4160. The van der Waals surface area contributed by atoms with Gasteiger partial charge in [-0.15, -0.1) is 0 Å². The van der Waals surface area contributed by atoms with Crippen molar-refractivity contribution in [3.63, 3.8) is 0 Å². The van der Waals surface area contributed by atoms with E-state index in [0.717, 1.165) is 50.1 Å². The smallest absolute Gasteiger partial charge is 0.137 e. The van der Waals surface area contributed by atoms with Crippen LogP contribution >= 0.6 is 0 Å². The highest BCUT2D eigenvalue weighted by molar-refractivity contribution is 6.27. The first-order chi connectivity index (χ1) is 33.2. The Balaban J connectivity index is 1.06. The van der Waals surface area contributed by atoms with Crippen LogP contribution in [0.1, 0.15) is 22.3 Å². The lowest BCUT2D eigenvalue weighted by Crippen LogP contribution is -2.29. The summed E-state index contributed by atoms with van der Waals surface area (Å²) >= 11 is 0. The van der Waals surface area contributed by atoms with Gasteiger partial charge in [-0.25, -0.2) is 0 Å². The fourth-order valence-corrected chi connectivity index (χ4v) is 12.3. The van der Waals surface area contributed by atoms with Crippen LogP contribution < -0.4 is 4.90 Å².